The van der Waals surface area contributed by atoms with E-state index in [0.29, 0.717) is 11.6 Å². The molecule has 0 aliphatic heterocycles. The monoisotopic (exact) mass is 228 g/mol. The van der Waals surface area contributed by atoms with Crippen LogP contribution in [0, 0.1) is 6.92 Å². The van der Waals surface area contributed by atoms with Gasteiger partial charge in [-0.2, -0.15) is 5.10 Å². The number of benzene rings is 1. The molecule has 2 aromatic rings. The SMILES string of the molecule is Cc1cc(=O)[nH]c(N/N=C/c2ccccc2)n1. The van der Waals surface area contributed by atoms with Crippen LogP contribution in [0.15, 0.2) is 46.3 Å². The van der Waals surface area contributed by atoms with E-state index in [0.717, 1.165) is 5.56 Å². The van der Waals surface area contributed by atoms with Crippen molar-refractivity contribution in [3.05, 3.63) is 58.0 Å². The van der Waals surface area contributed by atoms with Gasteiger partial charge in [-0.3, -0.25) is 9.78 Å². The predicted octanol–water partition coefficient (Wildman–Crippen LogP) is 1.52. The summed E-state index contributed by atoms with van der Waals surface area (Å²) in [6, 6.07) is 11.1. The van der Waals surface area contributed by atoms with Gasteiger partial charge >= 0.3 is 0 Å². The van der Waals surface area contributed by atoms with Crippen molar-refractivity contribution in [1.82, 2.24) is 9.97 Å². The molecule has 1 heterocycles. The minimum absolute atomic E-state index is 0.199. The molecular formula is C12H12N4O. The largest absolute Gasteiger partial charge is 0.291 e. The van der Waals surface area contributed by atoms with E-state index in [2.05, 4.69) is 20.5 Å². The molecule has 0 aliphatic rings. The van der Waals surface area contributed by atoms with Crippen molar-refractivity contribution in [1.29, 1.82) is 0 Å². The van der Waals surface area contributed by atoms with Gasteiger partial charge in [0.2, 0.25) is 5.95 Å². The molecule has 0 saturated heterocycles. The Morgan fingerprint density at radius 3 is 2.82 bits per heavy atom. The lowest BCUT2D eigenvalue weighted by Crippen LogP contribution is -2.10. The summed E-state index contributed by atoms with van der Waals surface area (Å²) in [5.41, 5.74) is 4.09. The first kappa shape index (κ1) is 11.1. The molecule has 2 rings (SSSR count). The molecule has 1 aromatic heterocycles. The fourth-order valence-corrected chi connectivity index (χ4v) is 1.34. The second kappa shape index (κ2) is 5.07. The van der Waals surface area contributed by atoms with Crippen LogP contribution in [-0.2, 0) is 0 Å². The van der Waals surface area contributed by atoms with Gasteiger partial charge in [0.1, 0.15) is 0 Å². The van der Waals surface area contributed by atoms with Crippen LogP contribution in [0.2, 0.25) is 0 Å². The Balaban J connectivity index is 2.07. The van der Waals surface area contributed by atoms with Crippen molar-refractivity contribution in [2.24, 2.45) is 5.10 Å². The minimum Gasteiger partial charge on any atom is -0.291 e. The molecule has 0 unspecified atom stereocenters. The predicted molar refractivity (Wildman–Crippen MR) is 67.3 cm³/mol. The van der Waals surface area contributed by atoms with E-state index in [9.17, 15) is 4.79 Å². The van der Waals surface area contributed by atoms with Crippen molar-refractivity contribution >= 4 is 12.2 Å². The molecule has 0 fully saturated rings. The minimum atomic E-state index is -0.199. The third-order valence-electron chi connectivity index (χ3n) is 2.05. The molecule has 86 valence electrons. The molecule has 2 N–H and O–H groups in total. The molecule has 0 amide bonds. The van der Waals surface area contributed by atoms with Gasteiger partial charge in [0.15, 0.2) is 0 Å². The van der Waals surface area contributed by atoms with E-state index < -0.39 is 0 Å². The zero-order chi connectivity index (χ0) is 12.1. The molecular weight excluding hydrogens is 216 g/mol. The average molecular weight is 228 g/mol. The Labute approximate surface area is 98.2 Å². The van der Waals surface area contributed by atoms with Gasteiger partial charge in [-0.15, -0.1) is 0 Å². The number of nitrogens with one attached hydrogen (secondary N) is 2. The van der Waals surface area contributed by atoms with Gasteiger partial charge in [-0.05, 0) is 12.5 Å². The van der Waals surface area contributed by atoms with Crippen LogP contribution < -0.4 is 11.0 Å². The summed E-state index contributed by atoms with van der Waals surface area (Å²) in [5, 5.41) is 3.99. The molecule has 0 bridgehead atoms. The first-order chi connectivity index (χ1) is 8.24. The number of aromatic amines is 1. The highest BCUT2D eigenvalue weighted by molar-refractivity contribution is 5.79. The van der Waals surface area contributed by atoms with E-state index in [-0.39, 0.29) is 5.56 Å². The van der Waals surface area contributed by atoms with Gasteiger partial charge in [-0.1, -0.05) is 30.3 Å². The van der Waals surface area contributed by atoms with Gasteiger partial charge < -0.3 is 0 Å². The maximum atomic E-state index is 11.2. The van der Waals surface area contributed by atoms with Gasteiger partial charge in [0.05, 0.1) is 6.21 Å². The molecule has 5 heteroatoms. The third kappa shape index (κ3) is 3.27. The number of hydrazone groups is 1. The van der Waals surface area contributed by atoms with Crippen LogP contribution in [0.4, 0.5) is 5.95 Å². The highest BCUT2D eigenvalue weighted by Gasteiger charge is 1.94. The summed E-state index contributed by atoms with van der Waals surface area (Å²) < 4.78 is 0. The Hall–Kier alpha value is -2.43. The number of hydrogen-bond acceptors (Lipinski definition) is 4. The molecule has 0 saturated carbocycles. The summed E-state index contributed by atoms with van der Waals surface area (Å²) in [6.45, 7) is 1.75. The lowest BCUT2D eigenvalue weighted by molar-refractivity contribution is 1.04. The van der Waals surface area contributed by atoms with E-state index in [1.807, 2.05) is 30.3 Å². The molecule has 1 aromatic carbocycles. The van der Waals surface area contributed by atoms with Crippen LogP contribution in [0.5, 0.6) is 0 Å². The van der Waals surface area contributed by atoms with Gasteiger partial charge in [-0.25, -0.2) is 10.4 Å². The fourth-order valence-electron chi connectivity index (χ4n) is 1.34. The first-order valence-corrected chi connectivity index (χ1v) is 5.16. The van der Waals surface area contributed by atoms with Crippen LogP contribution in [0.25, 0.3) is 0 Å². The van der Waals surface area contributed by atoms with Gasteiger partial charge in [0.25, 0.3) is 5.56 Å². The van der Waals surface area contributed by atoms with E-state index in [4.69, 9.17) is 0 Å². The second-order valence-corrected chi connectivity index (χ2v) is 3.52. The average Bonchev–Trinajstić information content (AvgIpc) is 2.29. The van der Waals surface area contributed by atoms with Crippen molar-refractivity contribution in [3.63, 3.8) is 0 Å². The second-order valence-electron chi connectivity index (χ2n) is 3.52. The fraction of sp³-hybridized carbons (Fsp3) is 0.0833. The Morgan fingerprint density at radius 2 is 2.12 bits per heavy atom. The molecule has 0 radical (unpaired) electrons. The summed E-state index contributed by atoms with van der Waals surface area (Å²) in [7, 11) is 0. The summed E-state index contributed by atoms with van der Waals surface area (Å²) >= 11 is 0. The third-order valence-corrected chi connectivity index (χ3v) is 2.05. The van der Waals surface area contributed by atoms with Crippen LogP contribution in [0.1, 0.15) is 11.3 Å². The smallest absolute Gasteiger partial charge is 0.252 e. The molecule has 0 aliphatic carbocycles. The number of H-pyrrole nitrogens is 1. The van der Waals surface area contributed by atoms with E-state index >= 15 is 0 Å². The lowest BCUT2D eigenvalue weighted by Gasteiger charge is -1.99. The van der Waals surface area contributed by atoms with Crippen LogP contribution >= 0.6 is 0 Å². The first-order valence-electron chi connectivity index (χ1n) is 5.16. The maximum Gasteiger partial charge on any atom is 0.252 e. The zero-order valence-corrected chi connectivity index (χ0v) is 9.34. The number of anilines is 1. The Morgan fingerprint density at radius 1 is 1.35 bits per heavy atom. The lowest BCUT2D eigenvalue weighted by atomic mass is 10.2. The van der Waals surface area contributed by atoms with E-state index in [1.165, 1.54) is 6.07 Å². The number of aromatic nitrogens is 2. The number of nitrogens with zero attached hydrogens (tertiary/aromatic N) is 2. The van der Waals surface area contributed by atoms with Crippen LogP contribution in [0.3, 0.4) is 0 Å². The van der Waals surface area contributed by atoms with Gasteiger partial charge in [0, 0.05) is 11.8 Å². The standard InChI is InChI=1S/C12H12N4O/c1-9-7-11(17)15-12(14-9)16-13-8-10-5-3-2-4-6-10/h2-8H,1H3,(H2,14,15,16,17)/b13-8+. The zero-order valence-electron chi connectivity index (χ0n) is 9.34. The van der Waals surface area contributed by atoms with Crippen LogP contribution in [-0.4, -0.2) is 16.2 Å². The highest BCUT2D eigenvalue weighted by atomic mass is 16.1. The summed E-state index contributed by atoms with van der Waals surface area (Å²) in [6.07, 6.45) is 1.66. The maximum absolute atomic E-state index is 11.2. The summed E-state index contributed by atoms with van der Waals surface area (Å²) in [4.78, 5) is 17.8. The Bertz CT molecular complexity index is 575. The summed E-state index contributed by atoms with van der Waals surface area (Å²) in [5.74, 6) is 0.335. The molecule has 17 heavy (non-hydrogen) atoms. The highest BCUT2D eigenvalue weighted by Crippen LogP contribution is 1.97. The normalized spacial score (nSPS) is 10.6. The van der Waals surface area contributed by atoms with Crippen molar-refractivity contribution in [2.45, 2.75) is 6.92 Å². The number of aryl methyl sites for hydroxylation is 1. The quantitative estimate of drug-likeness (QED) is 0.618. The van der Waals surface area contributed by atoms with Crippen molar-refractivity contribution in [2.75, 3.05) is 5.43 Å². The number of hydrogen-bond donors (Lipinski definition) is 2. The molecule has 0 spiro atoms. The van der Waals surface area contributed by atoms with Crippen molar-refractivity contribution in [3.8, 4) is 0 Å². The van der Waals surface area contributed by atoms with Crippen molar-refractivity contribution < 1.29 is 0 Å². The number of rotatable bonds is 3. The topological polar surface area (TPSA) is 70.1 Å². The molecule has 5 nitrogen and oxygen atoms in total. The Kier molecular flexibility index (Phi) is 3.30. The van der Waals surface area contributed by atoms with E-state index in [1.54, 1.807) is 13.1 Å². The molecule has 0 atom stereocenters.